The maximum atomic E-state index is 6.08. The lowest BCUT2D eigenvalue weighted by Crippen LogP contribution is -1.97. The van der Waals surface area contributed by atoms with Crippen LogP contribution in [-0.2, 0) is 0 Å². The highest BCUT2D eigenvalue weighted by molar-refractivity contribution is 6.36. The summed E-state index contributed by atoms with van der Waals surface area (Å²) in [6, 6.07) is 11.1. The van der Waals surface area contributed by atoms with Crippen LogP contribution in [0.2, 0.25) is 10.0 Å². The molecule has 0 aliphatic rings. The Morgan fingerprint density at radius 1 is 1.00 bits per heavy atom. The molecule has 88 valence electrons. The predicted octanol–water partition coefficient (Wildman–Crippen LogP) is 4.63. The van der Waals surface area contributed by atoms with Gasteiger partial charge < -0.3 is 11.1 Å². The van der Waals surface area contributed by atoms with Crippen LogP contribution in [0.15, 0.2) is 36.4 Å². The zero-order chi connectivity index (χ0) is 12.4. The van der Waals surface area contributed by atoms with E-state index in [4.69, 9.17) is 28.9 Å². The minimum absolute atomic E-state index is 0.568. The molecule has 2 nitrogen and oxygen atoms in total. The van der Waals surface area contributed by atoms with Crippen molar-refractivity contribution in [3.63, 3.8) is 0 Å². The first-order valence-corrected chi connectivity index (χ1v) is 5.90. The van der Waals surface area contributed by atoms with E-state index in [1.807, 2.05) is 31.2 Å². The molecular weight excluding hydrogens is 255 g/mol. The van der Waals surface area contributed by atoms with Crippen molar-refractivity contribution >= 4 is 40.3 Å². The summed E-state index contributed by atoms with van der Waals surface area (Å²) in [6.45, 7) is 2.01. The summed E-state index contributed by atoms with van der Waals surface area (Å²) in [5, 5.41) is 4.37. The molecule has 0 aliphatic heterocycles. The number of nitrogen functional groups attached to an aromatic ring is 1. The maximum Gasteiger partial charge on any atom is 0.0655 e. The minimum atomic E-state index is 0.568. The van der Waals surface area contributed by atoms with Gasteiger partial charge in [-0.15, -0.1) is 0 Å². The lowest BCUT2D eigenvalue weighted by molar-refractivity contribution is 1.45. The van der Waals surface area contributed by atoms with Crippen molar-refractivity contribution in [1.29, 1.82) is 0 Å². The minimum Gasteiger partial charge on any atom is -0.397 e. The fraction of sp³-hybridized carbons (Fsp3) is 0.0769. The number of hydrogen-bond donors (Lipinski definition) is 2. The summed E-state index contributed by atoms with van der Waals surface area (Å²) >= 11 is 11.9. The second kappa shape index (κ2) is 4.86. The predicted molar refractivity (Wildman–Crippen MR) is 75.3 cm³/mol. The van der Waals surface area contributed by atoms with Crippen LogP contribution in [0.3, 0.4) is 0 Å². The van der Waals surface area contributed by atoms with E-state index in [0.29, 0.717) is 15.7 Å². The van der Waals surface area contributed by atoms with Gasteiger partial charge in [0.1, 0.15) is 0 Å². The second-order valence-corrected chi connectivity index (χ2v) is 4.68. The molecule has 2 aromatic rings. The van der Waals surface area contributed by atoms with Crippen molar-refractivity contribution in [3.05, 3.63) is 52.0 Å². The lowest BCUT2D eigenvalue weighted by Gasteiger charge is -2.11. The molecule has 0 saturated carbocycles. The van der Waals surface area contributed by atoms with E-state index in [0.717, 1.165) is 16.9 Å². The fourth-order valence-electron chi connectivity index (χ4n) is 1.51. The van der Waals surface area contributed by atoms with Crippen molar-refractivity contribution in [2.75, 3.05) is 11.1 Å². The van der Waals surface area contributed by atoms with Crippen LogP contribution in [0.1, 0.15) is 5.56 Å². The molecule has 0 heterocycles. The van der Waals surface area contributed by atoms with Crippen LogP contribution >= 0.6 is 23.2 Å². The molecule has 0 bridgehead atoms. The van der Waals surface area contributed by atoms with E-state index in [2.05, 4.69) is 5.32 Å². The van der Waals surface area contributed by atoms with E-state index in [-0.39, 0.29) is 0 Å². The molecule has 0 saturated heterocycles. The Morgan fingerprint density at radius 2 is 1.76 bits per heavy atom. The number of anilines is 3. The highest BCUT2D eigenvalue weighted by Crippen LogP contribution is 2.30. The lowest BCUT2D eigenvalue weighted by atomic mass is 10.2. The van der Waals surface area contributed by atoms with Gasteiger partial charge in [0.05, 0.1) is 22.1 Å². The zero-order valence-electron chi connectivity index (χ0n) is 9.30. The van der Waals surface area contributed by atoms with Gasteiger partial charge in [-0.3, -0.25) is 0 Å². The topological polar surface area (TPSA) is 38.0 Å². The fourth-order valence-corrected chi connectivity index (χ4v) is 1.97. The third kappa shape index (κ3) is 2.84. The third-order valence-electron chi connectivity index (χ3n) is 2.41. The van der Waals surface area contributed by atoms with E-state index < -0.39 is 0 Å². The van der Waals surface area contributed by atoms with Gasteiger partial charge in [0.2, 0.25) is 0 Å². The highest BCUT2D eigenvalue weighted by Gasteiger charge is 2.04. The summed E-state index contributed by atoms with van der Waals surface area (Å²) in [6.07, 6.45) is 0. The standard InChI is InChI=1S/C13H12Cl2N2/c1-8-2-4-11(16)13(6-8)17-12-5-3-9(14)7-10(12)15/h2-7,17H,16H2,1H3. The molecule has 0 spiro atoms. The molecule has 0 fully saturated rings. The van der Waals surface area contributed by atoms with Gasteiger partial charge in [-0.2, -0.15) is 0 Å². The Bertz CT molecular complexity index is 553. The first kappa shape index (κ1) is 12.1. The molecule has 4 heteroatoms. The normalized spacial score (nSPS) is 10.3. The maximum absolute atomic E-state index is 6.08. The summed E-state index contributed by atoms with van der Waals surface area (Å²) in [7, 11) is 0. The van der Waals surface area contributed by atoms with Crippen LogP contribution in [-0.4, -0.2) is 0 Å². The number of halogens is 2. The molecule has 17 heavy (non-hydrogen) atoms. The first-order valence-electron chi connectivity index (χ1n) is 5.14. The third-order valence-corrected chi connectivity index (χ3v) is 2.96. The summed E-state index contributed by atoms with van der Waals surface area (Å²) < 4.78 is 0. The van der Waals surface area contributed by atoms with Crippen molar-refractivity contribution < 1.29 is 0 Å². The Morgan fingerprint density at radius 3 is 2.47 bits per heavy atom. The summed E-state index contributed by atoms with van der Waals surface area (Å²) in [4.78, 5) is 0. The number of benzene rings is 2. The van der Waals surface area contributed by atoms with Gasteiger partial charge in [0, 0.05) is 5.02 Å². The van der Waals surface area contributed by atoms with Crippen molar-refractivity contribution in [3.8, 4) is 0 Å². The number of rotatable bonds is 2. The van der Waals surface area contributed by atoms with Crippen molar-refractivity contribution in [2.45, 2.75) is 6.92 Å². The average Bonchev–Trinajstić information content (AvgIpc) is 2.27. The van der Waals surface area contributed by atoms with Gasteiger partial charge >= 0.3 is 0 Å². The van der Waals surface area contributed by atoms with Crippen molar-refractivity contribution in [2.24, 2.45) is 0 Å². The Kier molecular flexibility index (Phi) is 3.46. The van der Waals surface area contributed by atoms with Crippen LogP contribution in [0.4, 0.5) is 17.1 Å². The van der Waals surface area contributed by atoms with Crippen LogP contribution in [0, 0.1) is 6.92 Å². The quantitative estimate of drug-likeness (QED) is 0.778. The Hall–Kier alpha value is -1.38. The van der Waals surface area contributed by atoms with Crippen molar-refractivity contribution in [1.82, 2.24) is 0 Å². The molecule has 0 atom stereocenters. The molecule has 2 aromatic carbocycles. The Balaban J connectivity index is 2.34. The van der Waals surface area contributed by atoms with Crippen LogP contribution in [0.5, 0.6) is 0 Å². The summed E-state index contributed by atoms with van der Waals surface area (Å²) in [5.41, 5.74) is 9.33. The molecule has 0 aromatic heterocycles. The van der Waals surface area contributed by atoms with E-state index in [9.17, 15) is 0 Å². The molecule has 3 N–H and O–H groups in total. The highest BCUT2D eigenvalue weighted by atomic mass is 35.5. The largest absolute Gasteiger partial charge is 0.397 e. The van der Waals surface area contributed by atoms with Gasteiger partial charge in [-0.1, -0.05) is 29.3 Å². The first-order chi connectivity index (χ1) is 8.06. The van der Waals surface area contributed by atoms with E-state index in [1.54, 1.807) is 12.1 Å². The van der Waals surface area contributed by atoms with Gasteiger partial charge in [0.15, 0.2) is 0 Å². The molecule has 0 radical (unpaired) electrons. The summed E-state index contributed by atoms with van der Waals surface area (Å²) in [5.74, 6) is 0. The van der Waals surface area contributed by atoms with Gasteiger partial charge in [-0.05, 0) is 42.8 Å². The van der Waals surface area contributed by atoms with E-state index >= 15 is 0 Å². The van der Waals surface area contributed by atoms with Gasteiger partial charge in [0.25, 0.3) is 0 Å². The second-order valence-electron chi connectivity index (χ2n) is 3.84. The van der Waals surface area contributed by atoms with E-state index in [1.165, 1.54) is 0 Å². The SMILES string of the molecule is Cc1ccc(N)c(Nc2ccc(Cl)cc2Cl)c1. The van der Waals surface area contributed by atoms with Gasteiger partial charge in [-0.25, -0.2) is 0 Å². The molecule has 2 rings (SSSR count). The molecular formula is C13H12Cl2N2. The van der Waals surface area contributed by atoms with Crippen LogP contribution < -0.4 is 11.1 Å². The number of nitrogens with two attached hydrogens (primary N) is 1. The molecule has 0 amide bonds. The van der Waals surface area contributed by atoms with Crippen LogP contribution in [0.25, 0.3) is 0 Å². The smallest absolute Gasteiger partial charge is 0.0655 e. The zero-order valence-corrected chi connectivity index (χ0v) is 10.8. The monoisotopic (exact) mass is 266 g/mol. The Labute approximate surface area is 110 Å². The number of aryl methyl sites for hydroxylation is 1. The molecule has 0 unspecified atom stereocenters. The average molecular weight is 267 g/mol. The number of nitrogens with one attached hydrogen (secondary N) is 1. The number of hydrogen-bond acceptors (Lipinski definition) is 2. The molecule has 0 aliphatic carbocycles.